The van der Waals surface area contributed by atoms with E-state index in [9.17, 15) is 9.59 Å². The summed E-state index contributed by atoms with van der Waals surface area (Å²) >= 11 is 6.06. The highest BCUT2D eigenvalue weighted by atomic mass is 35.5. The van der Waals surface area contributed by atoms with Crippen LogP contribution in [0.2, 0.25) is 5.02 Å². The van der Waals surface area contributed by atoms with E-state index in [2.05, 4.69) is 29.5 Å². The highest BCUT2D eigenvalue weighted by molar-refractivity contribution is 6.31. The number of benzene rings is 1. The average molecular weight is 360 g/mol. The molecule has 0 saturated carbocycles. The van der Waals surface area contributed by atoms with E-state index < -0.39 is 5.91 Å². The van der Waals surface area contributed by atoms with Gasteiger partial charge in [0.2, 0.25) is 0 Å². The van der Waals surface area contributed by atoms with Crippen molar-refractivity contribution in [3.8, 4) is 0 Å². The fourth-order valence-electron chi connectivity index (χ4n) is 2.12. The van der Waals surface area contributed by atoms with Crippen molar-refractivity contribution in [1.29, 1.82) is 0 Å². The quantitative estimate of drug-likeness (QED) is 0.816. The molecule has 1 aromatic heterocycles. The predicted octanol–water partition coefficient (Wildman–Crippen LogP) is 4.07. The lowest BCUT2D eigenvalue weighted by Gasteiger charge is -2.09. The van der Waals surface area contributed by atoms with Gasteiger partial charge in [-0.2, -0.15) is 0 Å². The maximum absolute atomic E-state index is 12.3. The molecule has 132 valence electrons. The van der Waals surface area contributed by atoms with Crippen LogP contribution in [-0.4, -0.2) is 23.3 Å². The number of aryl methyl sites for hydroxylation is 1. The molecule has 0 fully saturated rings. The number of pyridine rings is 1. The lowest BCUT2D eigenvalue weighted by Crippen LogP contribution is -2.27. The Bertz CT molecular complexity index is 775. The molecule has 0 spiro atoms. The fourth-order valence-corrected chi connectivity index (χ4v) is 2.30. The Kier molecular flexibility index (Phi) is 6.53. The molecule has 2 N–H and O–H groups in total. The molecule has 2 amide bonds. The Morgan fingerprint density at radius 2 is 1.80 bits per heavy atom. The average Bonchev–Trinajstić information content (AvgIpc) is 2.58. The molecule has 1 heterocycles. The summed E-state index contributed by atoms with van der Waals surface area (Å²) in [6.07, 6.45) is 0.889. The van der Waals surface area contributed by atoms with Gasteiger partial charge >= 0.3 is 0 Å². The Morgan fingerprint density at radius 3 is 2.44 bits per heavy atom. The van der Waals surface area contributed by atoms with Gasteiger partial charge in [0.05, 0.1) is 0 Å². The molecule has 1 aromatic carbocycles. The Morgan fingerprint density at radius 1 is 1.12 bits per heavy atom. The van der Waals surface area contributed by atoms with E-state index in [0.29, 0.717) is 23.2 Å². The summed E-state index contributed by atoms with van der Waals surface area (Å²) in [5.74, 6) is -0.169. The molecule has 0 atom stereocenters. The topological polar surface area (TPSA) is 71.1 Å². The molecule has 0 aliphatic rings. The van der Waals surface area contributed by atoms with Crippen LogP contribution >= 0.6 is 11.6 Å². The van der Waals surface area contributed by atoms with Gasteiger partial charge < -0.3 is 10.6 Å². The molecule has 25 heavy (non-hydrogen) atoms. The van der Waals surface area contributed by atoms with Crippen molar-refractivity contribution in [3.05, 3.63) is 58.4 Å². The Hall–Kier alpha value is -2.40. The Balaban J connectivity index is 2.05. The van der Waals surface area contributed by atoms with Gasteiger partial charge in [-0.1, -0.05) is 37.6 Å². The van der Waals surface area contributed by atoms with Gasteiger partial charge in [-0.05, 0) is 49.1 Å². The lowest BCUT2D eigenvalue weighted by molar-refractivity contribution is 0.0947. The summed E-state index contributed by atoms with van der Waals surface area (Å²) in [5, 5.41) is 6.12. The number of rotatable bonds is 6. The van der Waals surface area contributed by atoms with Crippen LogP contribution in [0.5, 0.6) is 0 Å². The SMILES string of the molecule is Cc1ccc(NC(=O)c2cccc(C(=O)NCCC(C)C)n2)cc1Cl. The zero-order chi connectivity index (χ0) is 18.4. The standard InChI is InChI=1S/C19H22ClN3O2/c1-12(2)9-10-21-18(24)16-5-4-6-17(23-16)19(25)22-14-8-7-13(3)15(20)11-14/h4-8,11-12H,9-10H2,1-3H3,(H,21,24)(H,22,25). The van der Waals surface area contributed by atoms with Crippen molar-refractivity contribution in [2.24, 2.45) is 5.92 Å². The van der Waals surface area contributed by atoms with Crippen LogP contribution in [0.1, 0.15) is 46.8 Å². The molecule has 0 radical (unpaired) electrons. The number of nitrogens with one attached hydrogen (secondary N) is 2. The third-order valence-electron chi connectivity index (χ3n) is 3.65. The summed E-state index contributed by atoms with van der Waals surface area (Å²) in [6.45, 7) is 6.65. The molecule has 0 aliphatic heterocycles. The fraction of sp³-hybridized carbons (Fsp3) is 0.316. The molecule has 0 unspecified atom stereocenters. The van der Waals surface area contributed by atoms with Gasteiger partial charge in [-0.25, -0.2) is 4.98 Å². The van der Waals surface area contributed by atoms with Crippen molar-refractivity contribution >= 4 is 29.1 Å². The molecule has 2 rings (SSSR count). The van der Waals surface area contributed by atoms with Crippen LogP contribution in [0, 0.1) is 12.8 Å². The molecule has 6 heteroatoms. The molecule has 5 nitrogen and oxygen atoms in total. The smallest absolute Gasteiger partial charge is 0.274 e. The zero-order valence-electron chi connectivity index (χ0n) is 14.6. The van der Waals surface area contributed by atoms with E-state index in [4.69, 9.17) is 11.6 Å². The van der Waals surface area contributed by atoms with Gasteiger partial charge in [0.25, 0.3) is 11.8 Å². The maximum Gasteiger partial charge on any atom is 0.274 e. The molecular formula is C19H22ClN3O2. The van der Waals surface area contributed by atoms with Crippen LogP contribution in [0.4, 0.5) is 5.69 Å². The number of nitrogens with zero attached hydrogens (tertiary/aromatic N) is 1. The maximum atomic E-state index is 12.3. The summed E-state index contributed by atoms with van der Waals surface area (Å²) in [7, 11) is 0. The summed E-state index contributed by atoms with van der Waals surface area (Å²) < 4.78 is 0. The number of hydrogen-bond acceptors (Lipinski definition) is 3. The van der Waals surface area contributed by atoms with E-state index >= 15 is 0 Å². The molecule has 0 bridgehead atoms. The number of amides is 2. The second-order valence-corrected chi connectivity index (χ2v) is 6.67. The van der Waals surface area contributed by atoms with Crippen LogP contribution < -0.4 is 10.6 Å². The third kappa shape index (κ3) is 5.57. The summed E-state index contributed by atoms with van der Waals surface area (Å²) in [4.78, 5) is 28.6. The van der Waals surface area contributed by atoms with Crippen LogP contribution in [0.3, 0.4) is 0 Å². The van der Waals surface area contributed by atoms with E-state index in [1.165, 1.54) is 0 Å². The first kappa shape index (κ1) is 18.9. The largest absolute Gasteiger partial charge is 0.351 e. The first-order valence-electron chi connectivity index (χ1n) is 8.19. The number of hydrogen-bond donors (Lipinski definition) is 2. The summed E-state index contributed by atoms with van der Waals surface area (Å²) in [5.41, 5.74) is 1.90. The third-order valence-corrected chi connectivity index (χ3v) is 4.06. The van der Waals surface area contributed by atoms with Crippen molar-refractivity contribution < 1.29 is 9.59 Å². The van der Waals surface area contributed by atoms with Gasteiger partial charge in [0.15, 0.2) is 0 Å². The van der Waals surface area contributed by atoms with E-state index in [1.807, 2.05) is 13.0 Å². The van der Waals surface area contributed by atoms with Crippen molar-refractivity contribution in [1.82, 2.24) is 10.3 Å². The minimum absolute atomic E-state index is 0.174. The monoisotopic (exact) mass is 359 g/mol. The van der Waals surface area contributed by atoms with Crippen molar-refractivity contribution in [2.45, 2.75) is 27.2 Å². The first-order valence-corrected chi connectivity index (χ1v) is 8.57. The molecule has 0 saturated heterocycles. The minimum atomic E-state index is -0.392. The van der Waals surface area contributed by atoms with Crippen molar-refractivity contribution in [3.63, 3.8) is 0 Å². The van der Waals surface area contributed by atoms with E-state index in [-0.39, 0.29) is 17.3 Å². The highest BCUT2D eigenvalue weighted by Gasteiger charge is 2.13. The van der Waals surface area contributed by atoms with Crippen LogP contribution in [0.25, 0.3) is 0 Å². The number of halogens is 1. The molecular weight excluding hydrogens is 338 g/mol. The molecule has 2 aromatic rings. The van der Waals surface area contributed by atoms with Crippen LogP contribution in [0.15, 0.2) is 36.4 Å². The second kappa shape index (κ2) is 8.62. The number of carbonyl (C=O) groups excluding carboxylic acids is 2. The van der Waals surface area contributed by atoms with Gasteiger partial charge in [0.1, 0.15) is 11.4 Å². The van der Waals surface area contributed by atoms with Crippen LogP contribution in [-0.2, 0) is 0 Å². The van der Waals surface area contributed by atoms with Gasteiger partial charge in [-0.15, -0.1) is 0 Å². The highest BCUT2D eigenvalue weighted by Crippen LogP contribution is 2.20. The lowest BCUT2D eigenvalue weighted by atomic mass is 10.1. The number of carbonyl (C=O) groups is 2. The van der Waals surface area contributed by atoms with E-state index in [1.54, 1.807) is 30.3 Å². The number of anilines is 1. The van der Waals surface area contributed by atoms with Crippen molar-refractivity contribution in [2.75, 3.05) is 11.9 Å². The van der Waals surface area contributed by atoms with E-state index in [0.717, 1.165) is 12.0 Å². The summed E-state index contributed by atoms with van der Waals surface area (Å²) in [6, 6.07) is 10.1. The van der Waals surface area contributed by atoms with Gasteiger partial charge in [-0.3, -0.25) is 9.59 Å². The Labute approximate surface area is 152 Å². The van der Waals surface area contributed by atoms with Gasteiger partial charge in [0, 0.05) is 17.3 Å². The predicted molar refractivity (Wildman–Crippen MR) is 100 cm³/mol. The molecule has 0 aliphatic carbocycles. The minimum Gasteiger partial charge on any atom is -0.351 e. The number of aromatic nitrogens is 1. The zero-order valence-corrected chi connectivity index (χ0v) is 15.4. The first-order chi connectivity index (χ1) is 11.9. The second-order valence-electron chi connectivity index (χ2n) is 6.26. The normalized spacial score (nSPS) is 10.6.